The molecule has 0 aliphatic carbocycles. The zero-order chi connectivity index (χ0) is 7.49. The van der Waals surface area contributed by atoms with Gasteiger partial charge in [-0.15, -0.1) is 5.73 Å². The minimum atomic E-state index is 0.293. The van der Waals surface area contributed by atoms with Crippen LogP contribution in [-0.4, -0.2) is 0 Å². The van der Waals surface area contributed by atoms with Gasteiger partial charge in [0, 0.05) is 0 Å². The predicted molar refractivity (Wildman–Crippen MR) is 42.4 cm³/mol. The normalized spacial score (nSPS) is 10.7. The van der Waals surface area contributed by atoms with Crippen LogP contribution >= 0.6 is 0 Å². The van der Waals surface area contributed by atoms with Gasteiger partial charge in [0.05, 0.1) is 0 Å². The second-order valence-corrected chi connectivity index (χ2v) is 3.04. The van der Waals surface area contributed by atoms with E-state index in [1.807, 2.05) is 0 Å². The lowest BCUT2D eigenvalue weighted by Crippen LogP contribution is -2.09. The molecule has 0 radical (unpaired) electrons. The molecule has 0 unspecified atom stereocenters. The highest BCUT2D eigenvalue weighted by Crippen LogP contribution is 2.27. The van der Waals surface area contributed by atoms with Crippen molar-refractivity contribution in [1.82, 2.24) is 0 Å². The largest absolute Gasteiger partial charge is 0.129 e. The summed E-state index contributed by atoms with van der Waals surface area (Å²) in [6.45, 7) is 12.3. The maximum atomic E-state index is 3.61. The molecule has 0 N–H and O–H groups in total. The molecule has 0 fully saturated rings. The molecule has 0 saturated heterocycles. The highest BCUT2D eigenvalue weighted by Gasteiger charge is 2.15. The Hall–Kier alpha value is -0.480. The van der Waals surface area contributed by atoms with E-state index >= 15 is 0 Å². The Bertz CT molecular complexity index is 134. The van der Waals surface area contributed by atoms with E-state index in [-0.39, 0.29) is 0 Å². The monoisotopic (exact) mass is 124 g/mol. The van der Waals surface area contributed by atoms with Gasteiger partial charge in [0.15, 0.2) is 0 Å². The fourth-order valence-corrected chi connectivity index (χ4v) is 0.504. The molecular weight excluding hydrogens is 108 g/mol. The van der Waals surface area contributed by atoms with E-state index in [0.29, 0.717) is 5.41 Å². The van der Waals surface area contributed by atoms with E-state index in [1.54, 1.807) is 0 Å². The molecule has 0 saturated carbocycles. The summed E-state index contributed by atoms with van der Waals surface area (Å²) in [4.78, 5) is 0. The zero-order valence-electron chi connectivity index (χ0n) is 6.91. The molecule has 0 amide bonds. The minimum Gasteiger partial charge on any atom is -0.129 e. The molecule has 0 aromatic carbocycles. The summed E-state index contributed by atoms with van der Waals surface area (Å²) in [5.41, 5.74) is 4.47. The van der Waals surface area contributed by atoms with Crippen molar-refractivity contribution in [2.75, 3.05) is 0 Å². The Balaban J connectivity index is 4.33. The lowest BCUT2D eigenvalue weighted by atomic mass is 9.83. The molecule has 0 aliphatic rings. The Kier molecular flexibility index (Phi) is 2.73. The van der Waals surface area contributed by atoms with Gasteiger partial charge in [-0.05, 0) is 24.3 Å². The summed E-state index contributed by atoms with van der Waals surface area (Å²) in [7, 11) is 0. The molecule has 0 bridgehead atoms. The van der Waals surface area contributed by atoms with Gasteiger partial charge in [-0.2, -0.15) is 0 Å². The Morgan fingerprint density at radius 3 is 2.11 bits per heavy atom. The zero-order valence-corrected chi connectivity index (χ0v) is 6.91. The van der Waals surface area contributed by atoms with E-state index in [9.17, 15) is 0 Å². The Morgan fingerprint density at radius 1 is 1.56 bits per heavy atom. The van der Waals surface area contributed by atoms with E-state index in [0.717, 1.165) is 6.42 Å². The molecule has 0 spiro atoms. The third-order valence-electron chi connectivity index (χ3n) is 2.16. The lowest BCUT2D eigenvalue weighted by molar-refractivity contribution is 0.430. The van der Waals surface area contributed by atoms with E-state index in [1.165, 1.54) is 5.57 Å². The van der Waals surface area contributed by atoms with Crippen LogP contribution in [-0.2, 0) is 0 Å². The van der Waals surface area contributed by atoms with E-state index in [4.69, 9.17) is 0 Å². The van der Waals surface area contributed by atoms with Crippen LogP contribution in [0.3, 0.4) is 0 Å². The van der Waals surface area contributed by atoms with Crippen molar-refractivity contribution >= 4 is 0 Å². The lowest BCUT2D eigenvalue weighted by Gasteiger charge is -2.21. The predicted octanol–water partition coefficient (Wildman–Crippen LogP) is 3.15. The van der Waals surface area contributed by atoms with Crippen LogP contribution in [0.15, 0.2) is 17.9 Å². The maximum Gasteiger partial charge on any atom is -0.00745 e. The third-order valence-corrected chi connectivity index (χ3v) is 2.16. The fourth-order valence-electron chi connectivity index (χ4n) is 0.504. The number of hydrogen-bond donors (Lipinski definition) is 0. The molecule has 0 aromatic rings. The first kappa shape index (κ1) is 8.52. The molecule has 0 atom stereocenters. The van der Waals surface area contributed by atoms with E-state index in [2.05, 4.69) is 40.0 Å². The quantitative estimate of drug-likeness (QED) is 0.496. The van der Waals surface area contributed by atoms with Crippen molar-refractivity contribution in [1.29, 1.82) is 0 Å². The van der Waals surface area contributed by atoms with Gasteiger partial charge in [0.25, 0.3) is 0 Å². The molecule has 52 valence electrons. The van der Waals surface area contributed by atoms with Crippen LogP contribution < -0.4 is 0 Å². The van der Waals surface area contributed by atoms with Crippen LogP contribution in [0, 0.1) is 5.41 Å². The van der Waals surface area contributed by atoms with Gasteiger partial charge < -0.3 is 0 Å². The molecule has 9 heavy (non-hydrogen) atoms. The number of allylic oxidation sites excluding steroid dienone is 1. The summed E-state index contributed by atoms with van der Waals surface area (Å²) in [5, 5.41) is 0. The standard InChI is InChI=1S/C9H16/c1-6-8(3)9(4,5)7-2/h1,7H2,2-5H3. The van der Waals surface area contributed by atoms with Crippen LogP contribution in [0.4, 0.5) is 0 Å². The molecule has 0 heterocycles. The van der Waals surface area contributed by atoms with Gasteiger partial charge >= 0.3 is 0 Å². The minimum absolute atomic E-state index is 0.293. The first-order valence-electron chi connectivity index (χ1n) is 3.41. The van der Waals surface area contributed by atoms with Gasteiger partial charge in [-0.25, -0.2) is 0 Å². The second kappa shape index (κ2) is 2.89. The Labute approximate surface area is 58.3 Å². The molecule has 0 nitrogen and oxygen atoms in total. The highest BCUT2D eigenvalue weighted by molar-refractivity contribution is 5.05. The number of rotatable bonds is 2. The van der Waals surface area contributed by atoms with Crippen molar-refractivity contribution in [3.05, 3.63) is 17.9 Å². The second-order valence-electron chi connectivity index (χ2n) is 3.04. The van der Waals surface area contributed by atoms with Crippen molar-refractivity contribution in [3.8, 4) is 0 Å². The third kappa shape index (κ3) is 2.07. The Morgan fingerprint density at radius 2 is 2.00 bits per heavy atom. The number of hydrogen-bond acceptors (Lipinski definition) is 0. The average Bonchev–Trinajstić information content (AvgIpc) is 1.86. The SMILES string of the molecule is C=C=C(C)C(C)(C)CC. The fraction of sp³-hybridized carbons (Fsp3) is 0.667. The summed E-state index contributed by atoms with van der Waals surface area (Å²) < 4.78 is 0. The van der Waals surface area contributed by atoms with Crippen molar-refractivity contribution in [2.24, 2.45) is 5.41 Å². The smallest absolute Gasteiger partial charge is 0.00745 e. The van der Waals surface area contributed by atoms with Crippen molar-refractivity contribution < 1.29 is 0 Å². The summed E-state index contributed by atoms with van der Waals surface area (Å²) in [5.74, 6) is 0. The molecule has 0 heteroatoms. The topological polar surface area (TPSA) is 0 Å². The van der Waals surface area contributed by atoms with E-state index < -0.39 is 0 Å². The van der Waals surface area contributed by atoms with Gasteiger partial charge in [-0.3, -0.25) is 0 Å². The maximum absolute atomic E-state index is 3.61. The molecular formula is C9H16. The van der Waals surface area contributed by atoms with Crippen LogP contribution in [0.1, 0.15) is 34.1 Å². The average molecular weight is 124 g/mol. The van der Waals surface area contributed by atoms with Crippen molar-refractivity contribution in [3.63, 3.8) is 0 Å². The van der Waals surface area contributed by atoms with Crippen molar-refractivity contribution in [2.45, 2.75) is 34.1 Å². The van der Waals surface area contributed by atoms with Crippen LogP contribution in [0.25, 0.3) is 0 Å². The first-order valence-corrected chi connectivity index (χ1v) is 3.41. The van der Waals surface area contributed by atoms with Crippen LogP contribution in [0.5, 0.6) is 0 Å². The highest BCUT2D eigenvalue weighted by atomic mass is 14.2. The molecule has 0 aromatic heterocycles. The summed E-state index contributed by atoms with van der Waals surface area (Å²) >= 11 is 0. The van der Waals surface area contributed by atoms with Gasteiger partial charge in [0.1, 0.15) is 0 Å². The summed E-state index contributed by atoms with van der Waals surface area (Å²) in [6, 6.07) is 0. The first-order chi connectivity index (χ1) is 4.04. The summed E-state index contributed by atoms with van der Waals surface area (Å²) in [6.07, 6.45) is 1.15. The van der Waals surface area contributed by atoms with Gasteiger partial charge in [0.2, 0.25) is 0 Å². The molecule has 0 aliphatic heterocycles. The van der Waals surface area contributed by atoms with Gasteiger partial charge in [-0.1, -0.05) is 27.4 Å². The molecule has 0 rings (SSSR count). The van der Waals surface area contributed by atoms with Crippen LogP contribution in [0.2, 0.25) is 0 Å².